The monoisotopic (exact) mass is 371 g/mol. The van der Waals surface area contributed by atoms with Gasteiger partial charge in [0.05, 0.1) is 6.54 Å². The standard InChI is InChI=1S/C20H29N5O2/c1-13(2)10-25-18(26)16-17(22(4)20(25)27)21-19-23(11-14(3)12-24(16)19)15-8-6-5-7-9-15/h14-15H,1,5-12H2,2-4H3/t14-/m0/s1. The number of hydrogen-bond acceptors (Lipinski definition) is 4. The van der Waals surface area contributed by atoms with Crippen molar-refractivity contribution in [3.8, 4) is 0 Å². The lowest BCUT2D eigenvalue weighted by Gasteiger charge is -2.40. The molecule has 0 bridgehead atoms. The first kappa shape index (κ1) is 18.1. The zero-order valence-corrected chi connectivity index (χ0v) is 16.6. The Bertz CT molecular complexity index is 1010. The molecular formula is C20H29N5O2. The summed E-state index contributed by atoms with van der Waals surface area (Å²) in [6.07, 6.45) is 6.15. The third-order valence-corrected chi connectivity index (χ3v) is 5.92. The van der Waals surface area contributed by atoms with E-state index in [4.69, 9.17) is 4.98 Å². The Kier molecular flexibility index (Phi) is 4.48. The molecule has 4 rings (SSSR count). The summed E-state index contributed by atoms with van der Waals surface area (Å²) in [7, 11) is 1.70. The van der Waals surface area contributed by atoms with Crippen LogP contribution in [0.15, 0.2) is 21.7 Å². The van der Waals surface area contributed by atoms with Crippen LogP contribution in [0.1, 0.15) is 46.0 Å². The molecular weight excluding hydrogens is 342 g/mol. The number of rotatable bonds is 3. The van der Waals surface area contributed by atoms with Crippen LogP contribution >= 0.6 is 0 Å². The molecule has 0 amide bonds. The number of allylic oxidation sites excluding steroid dienone is 1. The Labute approximate surface area is 158 Å². The van der Waals surface area contributed by atoms with Gasteiger partial charge in [0.25, 0.3) is 5.56 Å². The highest BCUT2D eigenvalue weighted by atomic mass is 16.2. The zero-order valence-electron chi connectivity index (χ0n) is 16.6. The third kappa shape index (κ3) is 2.93. The summed E-state index contributed by atoms with van der Waals surface area (Å²) in [6.45, 7) is 9.87. The minimum atomic E-state index is -0.330. The average Bonchev–Trinajstić information content (AvgIpc) is 3.03. The lowest BCUT2D eigenvalue weighted by molar-refractivity contribution is 0.354. The van der Waals surface area contributed by atoms with Crippen molar-refractivity contribution in [1.82, 2.24) is 18.7 Å². The van der Waals surface area contributed by atoms with Gasteiger partial charge in [-0.1, -0.05) is 38.3 Å². The molecule has 1 saturated carbocycles. The maximum atomic E-state index is 13.2. The lowest BCUT2D eigenvalue weighted by atomic mass is 9.93. The topological polar surface area (TPSA) is 65.1 Å². The molecule has 27 heavy (non-hydrogen) atoms. The fraction of sp³-hybridized carbons (Fsp3) is 0.650. The summed E-state index contributed by atoms with van der Waals surface area (Å²) < 4.78 is 4.84. The highest BCUT2D eigenvalue weighted by Crippen LogP contribution is 2.32. The number of anilines is 1. The van der Waals surface area contributed by atoms with Crippen LogP contribution in [-0.4, -0.2) is 31.3 Å². The Hall–Kier alpha value is -2.31. The van der Waals surface area contributed by atoms with E-state index < -0.39 is 0 Å². The van der Waals surface area contributed by atoms with Crippen molar-refractivity contribution >= 4 is 17.1 Å². The van der Waals surface area contributed by atoms with Gasteiger partial charge in [0.1, 0.15) is 0 Å². The van der Waals surface area contributed by atoms with E-state index in [0.29, 0.717) is 23.1 Å². The van der Waals surface area contributed by atoms with E-state index >= 15 is 0 Å². The van der Waals surface area contributed by atoms with Gasteiger partial charge < -0.3 is 9.47 Å². The number of nitrogens with zero attached hydrogens (tertiary/aromatic N) is 5. The van der Waals surface area contributed by atoms with Gasteiger partial charge in [-0.2, -0.15) is 4.98 Å². The molecule has 3 heterocycles. The average molecular weight is 371 g/mol. The van der Waals surface area contributed by atoms with Crippen molar-refractivity contribution in [3.63, 3.8) is 0 Å². The fourth-order valence-electron chi connectivity index (χ4n) is 4.65. The lowest BCUT2D eigenvalue weighted by Crippen LogP contribution is -2.45. The van der Waals surface area contributed by atoms with Gasteiger partial charge in [-0.3, -0.25) is 13.9 Å². The van der Waals surface area contributed by atoms with Crippen LogP contribution in [-0.2, 0) is 20.1 Å². The van der Waals surface area contributed by atoms with Gasteiger partial charge >= 0.3 is 5.69 Å². The van der Waals surface area contributed by atoms with Gasteiger partial charge in [-0.25, -0.2) is 4.79 Å². The van der Waals surface area contributed by atoms with Gasteiger partial charge in [0.2, 0.25) is 5.95 Å². The van der Waals surface area contributed by atoms with Crippen LogP contribution in [0.5, 0.6) is 0 Å². The van der Waals surface area contributed by atoms with Crippen LogP contribution in [0.25, 0.3) is 11.2 Å². The summed E-state index contributed by atoms with van der Waals surface area (Å²) in [6, 6.07) is 0.478. The molecule has 0 radical (unpaired) electrons. The van der Waals surface area contributed by atoms with E-state index in [1.54, 1.807) is 7.05 Å². The second-order valence-corrected chi connectivity index (χ2v) is 8.43. The predicted molar refractivity (Wildman–Crippen MR) is 107 cm³/mol. The summed E-state index contributed by atoms with van der Waals surface area (Å²) >= 11 is 0. The fourth-order valence-corrected chi connectivity index (χ4v) is 4.65. The van der Waals surface area contributed by atoms with Crippen molar-refractivity contribution in [1.29, 1.82) is 0 Å². The second-order valence-electron chi connectivity index (χ2n) is 8.43. The van der Waals surface area contributed by atoms with E-state index in [2.05, 4.69) is 23.0 Å². The van der Waals surface area contributed by atoms with Crippen LogP contribution in [0.4, 0.5) is 5.95 Å². The van der Waals surface area contributed by atoms with E-state index in [-0.39, 0.29) is 17.8 Å². The molecule has 2 aliphatic rings. The first-order valence-corrected chi connectivity index (χ1v) is 9.99. The Morgan fingerprint density at radius 3 is 2.56 bits per heavy atom. The first-order chi connectivity index (χ1) is 12.9. The Balaban J connectivity index is 1.94. The van der Waals surface area contributed by atoms with Gasteiger partial charge in [-0.15, -0.1) is 0 Å². The summed E-state index contributed by atoms with van der Waals surface area (Å²) in [5.41, 5.74) is 1.23. The summed E-state index contributed by atoms with van der Waals surface area (Å²) in [5, 5.41) is 0. The molecule has 0 N–H and O–H groups in total. The van der Waals surface area contributed by atoms with Gasteiger partial charge in [0, 0.05) is 26.2 Å². The molecule has 1 aliphatic carbocycles. The van der Waals surface area contributed by atoms with Crippen LogP contribution in [0, 0.1) is 5.92 Å². The summed E-state index contributed by atoms with van der Waals surface area (Å²) in [4.78, 5) is 33.1. The van der Waals surface area contributed by atoms with E-state index in [9.17, 15) is 9.59 Å². The number of imidazole rings is 1. The van der Waals surface area contributed by atoms with Gasteiger partial charge in [0.15, 0.2) is 11.2 Å². The highest BCUT2D eigenvalue weighted by Gasteiger charge is 2.33. The van der Waals surface area contributed by atoms with Gasteiger partial charge in [-0.05, 0) is 25.7 Å². The zero-order chi connectivity index (χ0) is 19.3. The van der Waals surface area contributed by atoms with E-state index in [1.807, 2.05) is 6.92 Å². The van der Waals surface area contributed by atoms with E-state index in [1.165, 1.54) is 41.2 Å². The minimum Gasteiger partial charge on any atom is -0.339 e. The largest absolute Gasteiger partial charge is 0.339 e. The van der Waals surface area contributed by atoms with Crippen molar-refractivity contribution in [2.24, 2.45) is 13.0 Å². The van der Waals surface area contributed by atoms with Crippen LogP contribution in [0.2, 0.25) is 0 Å². The second kappa shape index (κ2) is 6.69. The Morgan fingerprint density at radius 2 is 1.89 bits per heavy atom. The third-order valence-electron chi connectivity index (χ3n) is 5.92. The molecule has 1 atom stereocenters. The molecule has 2 aromatic heterocycles. The maximum Gasteiger partial charge on any atom is 0.332 e. The minimum absolute atomic E-state index is 0.240. The Morgan fingerprint density at radius 1 is 1.19 bits per heavy atom. The molecule has 0 spiro atoms. The molecule has 1 aliphatic heterocycles. The van der Waals surface area contributed by atoms with E-state index in [0.717, 1.165) is 24.6 Å². The molecule has 7 nitrogen and oxygen atoms in total. The van der Waals surface area contributed by atoms with Crippen molar-refractivity contribution in [2.45, 2.75) is 65.1 Å². The molecule has 1 fully saturated rings. The molecule has 146 valence electrons. The van der Waals surface area contributed by atoms with Crippen molar-refractivity contribution < 1.29 is 0 Å². The molecule has 0 unspecified atom stereocenters. The quantitative estimate of drug-likeness (QED) is 0.777. The predicted octanol–water partition coefficient (Wildman–Crippen LogP) is 2.26. The smallest absolute Gasteiger partial charge is 0.332 e. The number of fused-ring (bicyclic) bond motifs is 3. The molecule has 0 aromatic carbocycles. The molecule has 2 aromatic rings. The molecule has 0 saturated heterocycles. The SMILES string of the molecule is C=C(C)Cn1c(=O)c2c(nc3n2C[C@@H](C)CN3C2CCCCC2)n(C)c1=O. The van der Waals surface area contributed by atoms with Crippen molar-refractivity contribution in [3.05, 3.63) is 33.0 Å². The number of aromatic nitrogens is 4. The summed E-state index contributed by atoms with van der Waals surface area (Å²) in [5.74, 6) is 1.29. The normalized spacial score (nSPS) is 20.9. The number of aryl methyl sites for hydroxylation is 1. The van der Waals surface area contributed by atoms with Crippen molar-refractivity contribution in [2.75, 3.05) is 11.4 Å². The molecule has 7 heteroatoms. The first-order valence-electron chi connectivity index (χ1n) is 9.99. The van der Waals surface area contributed by atoms with Crippen LogP contribution < -0.4 is 16.1 Å². The maximum absolute atomic E-state index is 13.2. The number of hydrogen-bond donors (Lipinski definition) is 0. The van der Waals surface area contributed by atoms with Crippen LogP contribution in [0.3, 0.4) is 0 Å². The highest BCUT2D eigenvalue weighted by molar-refractivity contribution is 5.75.